The molecule has 2 aliphatic heterocycles. The standard InChI is InChI=1S/C20H22FN3O3S/c1-2-22-19(25)23-12-11-20(14-23)17-5-3-4-6-18(17)28(26,27)24(20)13-15-7-9-16(21)10-8-15/h3-10H,2,11-14H2,1H3,(H,22,25). The van der Waals surface area contributed by atoms with Gasteiger partial charge in [-0.2, -0.15) is 4.31 Å². The number of nitrogens with one attached hydrogen (secondary N) is 1. The third kappa shape index (κ3) is 2.87. The topological polar surface area (TPSA) is 69.7 Å². The molecule has 1 spiro atoms. The number of hydrogen-bond acceptors (Lipinski definition) is 3. The molecule has 0 radical (unpaired) electrons. The molecular weight excluding hydrogens is 381 g/mol. The van der Waals surface area contributed by atoms with Gasteiger partial charge in [0.05, 0.1) is 10.4 Å². The van der Waals surface area contributed by atoms with Crippen LogP contribution in [-0.2, 0) is 22.1 Å². The molecule has 2 amide bonds. The van der Waals surface area contributed by atoms with Gasteiger partial charge in [-0.25, -0.2) is 17.6 Å². The summed E-state index contributed by atoms with van der Waals surface area (Å²) in [5.74, 6) is -0.366. The Morgan fingerprint density at radius 1 is 1.18 bits per heavy atom. The molecule has 2 aromatic rings. The highest BCUT2D eigenvalue weighted by molar-refractivity contribution is 7.89. The van der Waals surface area contributed by atoms with E-state index in [2.05, 4.69) is 5.32 Å². The van der Waals surface area contributed by atoms with E-state index >= 15 is 0 Å². The van der Waals surface area contributed by atoms with Gasteiger partial charge >= 0.3 is 6.03 Å². The molecular formula is C20H22FN3O3S. The van der Waals surface area contributed by atoms with E-state index in [-0.39, 0.29) is 29.8 Å². The molecule has 0 aromatic heterocycles. The summed E-state index contributed by atoms with van der Waals surface area (Å²) in [6.45, 7) is 3.24. The molecule has 28 heavy (non-hydrogen) atoms. The van der Waals surface area contributed by atoms with Crippen LogP contribution in [0.5, 0.6) is 0 Å². The number of carbonyl (C=O) groups excluding carboxylic acids is 1. The minimum atomic E-state index is -3.73. The van der Waals surface area contributed by atoms with Gasteiger partial charge < -0.3 is 10.2 Å². The van der Waals surface area contributed by atoms with Crippen LogP contribution in [0.4, 0.5) is 9.18 Å². The van der Waals surface area contributed by atoms with E-state index in [1.807, 2.05) is 19.1 Å². The lowest BCUT2D eigenvalue weighted by atomic mass is 9.88. The maximum absolute atomic E-state index is 13.4. The number of fused-ring (bicyclic) bond motifs is 2. The van der Waals surface area contributed by atoms with Crippen LogP contribution in [-0.4, -0.2) is 43.3 Å². The Kier molecular flexibility index (Phi) is 4.63. The largest absolute Gasteiger partial charge is 0.338 e. The predicted octanol–water partition coefficient (Wildman–Crippen LogP) is 2.66. The smallest absolute Gasteiger partial charge is 0.317 e. The van der Waals surface area contributed by atoms with E-state index in [0.717, 1.165) is 5.56 Å². The summed E-state index contributed by atoms with van der Waals surface area (Å²) in [4.78, 5) is 14.3. The second kappa shape index (κ2) is 6.86. The second-order valence-electron chi connectivity index (χ2n) is 7.17. The first kappa shape index (κ1) is 18.9. The van der Waals surface area contributed by atoms with Crippen molar-refractivity contribution >= 4 is 16.1 Å². The minimum Gasteiger partial charge on any atom is -0.338 e. The molecule has 8 heteroatoms. The van der Waals surface area contributed by atoms with Crippen molar-refractivity contribution < 1.29 is 17.6 Å². The van der Waals surface area contributed by atoms with E-state index in [4.69, 9.17) is 0 Å². The molecule has 1 fully saturated rings. The van der Waals surface area contributed by atoms with Gasteiger partial charge in [0, 0.05) is 26.2 Å². The molecule has 2 heterocycles. The average molecular weight is 403 g/mol. The van der Waals surface area contributed by atoms with Crippen LogP contribution in [0.1, 0.15) is 24.5 Å². The number of halogens is 1. The predicted molar refractivity (Wildman–Crippen MR) is 103 cm³/mol. The fourth-order valence-electron chi connectivity index (χ4n) is 4.20. The van der Waals surface area contributed by atoms with Crippen molar-refractivity contribution in [2.75, 3.05) is 19.6 Å². The molecule has 0 bridgehead atoms. The van der Waals surface area contributed by atoms with Gasteiger partial charge in [-0.1, -0.05) is 30.3 Å². The number of benzene rings is 2. The van der Waals surface area contributed by atoms with Crippen LogP contribution in [0.2, 0.25) is 0 Å². The zero-order valence-electron chi connectivity index (χ0n) is 15.6. The van der Waals surface area contributed by atoms with Gasteiger partial charge in [0.2, 0.25) is 10.0 Å². The van der Waals surface area contributed by atoms with Crippen LogP contribution in [0, 0.1) is 5.82 Å². The third-order valence-corrected chi connectivity index (χ3v) is 7.51. The third-order valence-electron chi connectivity index (χ3n) is 5.54. The summed E-state index contributed by atoms with van der Waals surface area (Å²) in [6, 6.07) is 12.6. The van der Waals surface area contributed by atoms with Crippen LogP contribution in [0.3, 0.4) is 0 Å². The van der Waals surface area contributed by atoms with Crippen molar-refractivity contribution in [1.29, 1.82) is 0 Å². The molecule has 0 saturated carbocycles. The molecule has 1 unspecified atom stereocenters. The van der Waals surface area contributed by atoms with Gasteiger partial charge in [0.15, 0.2) is 0 Å². The summed E-state index contributed by atoms with van der Waals surface area (Å²) in [5.41, 5.74) is 0.618. The fraction of sp³-hybridized carbons (Fsp3) is 0.350. The summed E-state index contributed by atoms with van der Waals surface area (Å²) >= 11 is 0. The molecule has 148 valence electrons. The highest BCUT2D eigenvalue weighted by atomic mass is 32.2. The number of carbonyl (C=O) groups is 1. The molecule has 1 N–H and O–H groups in total. The summed E-state index contributed by atoms with van der Waals surface area (Å²) in [7, 11) is -3.73. The quantitative estimate of drug-likeness (QED) is 0.857. The number of urea groups is 1. The average Bonchev–Trinajstić information content (AvgIpc) is 3.20. The number of rotatable bonds is 3. The number of likely N-dealkylation sites (tertiary alicyclic amines) is 1. The van der Waals surface area contributed by atoms with Gasteiger partial charge in [0.1, 0.15) is 5.82 Å². The Balaban J connectivity index is 1.77. The summed E-state index contributed by atoms with van der Waals surface area (Å²) in [6.07, 6.45) is 0.515. The van der Waals surface area contributed by atoms with E-state index in [1.165, 1.54) is 16.4 Å². The molecule has 6 nitrogen and oxygen atoms in total. The van der Waals surface area contributed by atoms with E-state index in [1.54, 1.807) is 29.2 Å². The Bertz CT molecular complexity index is 1010. The molecule has 1 atom stereocenters. The monoisotopic (exact) mass is 403 g/mol. The van der Waals surface area contributed by atoms with Crippen LogP contribution in [0.15, 0.2) is 53.4 Å². The Morgan fingerprint density at radius 2 is 1.89 bits per heavy atom. The van der Waals surface area contributed by atoms with Gasteiger partial charge in [-0.3, -0.25) is 0 Å². The van der Waals surface area contributed by atoms with Crippen LogP contribution >= 0.6 is 0 Å². The minimum absolute atomic E-state index is 0.126. The highest BCUT2D eigenvalue weighted by Crippen LogP contribution is 2.50. The number of hydrogen-bond donors (Lipinski definition) is 1. The molecule has 2 aliphatic rings. The first-order valence-electron chi connectivity index (χ1n) is 9.28. The van der Waals surface area contributed by atoms with Gasteiger partial charge in [-0.05, 0) is 42.7 Å². The summed E-state index contributed by atoms with van der Waals surface area (Å²) in [5, 5.41) is 2.79. The van der Waals surface area contributed by atoms with Gasteiger partial charge in [-0.15, -0.1) is 0 Å². The maximum atomic E-state index is 13.4. The van der Waals surface area contributed by atoms with E-state index in [0.29, 0.717) is 25.1 Å². The lowest BCUT2D eigenvalue weighted by molar-refractivity contribution is 0.178. The lowest BCUT2D eigenvalue weighted by Gasteiger charge is -2.34. The maximum Gasteiger partial charge on any atom is 0.317 e. The number of amides is 2. The number of sulfonamides is 1. The highest BCUT2D eigenvalue weighted by Gasteiger charge is 2.57. The van der Waals surface area contributed by atoms with Crippen LogP contribution < -0.4 is 5.32 Å². The number of nitrogens with zero attached hydrogens (tertiary/aromatic N) is 2. The van der Waals surface area contributed by atoms with Crippen LogP contribution in [0.25, 0.3) is 0 Å². The van der Waals surface area contributed by atoms with Gasteiger partial charge in [0.25, 0.3) is 0 Å². The van der Waals surface area contributed by atoms with Crippen molar-refractivity contribution in [2.24, 2.45) is 0 Å². The molecule has 2 aromatic carbocycles. The normalized spacial score (nSPS) is 23.1. The molecule has 4 rings (SSSR count). The lowest BCUT2D eigenvalue weighted by Crippen LogP contribution is -2.47. The van der Waals surface area contributed by atoms with Crippen molar-refractivity contribution in [3.05, 3.63) is 65.5 Å². The van der Waals surface area contributed by atoms with Crippen molar-refractivity contribution in [2.45, 2.75) is 30.3 Å². The Morgan fingerprint density at radius 3 is 2.61 bits per heavy atom. The molecule has 0 aliphatic carbocycles. The first-order valence-corrected chi connectivity index (χ1v) is 10.7. The molecule has 1 saturated heterocycles. The van der Waals surface area contributed by atoms with Crippen molar-refractivity contribution in [3.8, 4) is 0 Å². The van der Waals surface area contributed by atoms with E-state index < -0.39 is 15.6 Å². The van der Waals surface area contributed by atoms with Crippen molar-refractivity contribution in [3.63, 3.8) is 0 Å². The second-order valence-corrected chi connectivity index (χ2v) is 9.00. The Labute approximate surface area is 164 Å². The SMILES string of the molecule is CCNC(=O)N1CCC2(C1)c1ccccc1S(=O)(=O)N2Cc1ccc(F)cc1. The zero-order valence-corrected chi connectivity index (χ0v) is 16.4. The fourth-order valence-corrected chi connectivity index (χ4v) is 6.26. The zero-order chi connectivity index (χ0) is 19.9. The first-order chi connectivity index (χ1) is 13.4. The Hall–Kier alpha value is -2.45. The van der Waals surface area contributed by atoms with Crippen molar-refractivity contribution in [1.82, 2.24) is 14.5 Å². The summed E-state index contributed by atoms with van der Waals surface area (Å²) < 4.78 is 41.5. The van der Waals surface area contributed by atoms with E-state index in [9.17, 15) is 17.6 Å².